The van der Waals surface area contributed by atoms with Crippen molar-refractivity contribution in [1.82, 2.24) is 25.6 Å². The van der Waals surface area contributed by atoms with Gasteiger partial charge < -0.3 is 15.8 Å². The summed E-state index contributed by atoms with van der Waals surface area (Å²) < 4.78 is 5.44. The number of rotatable bonds is 6. The van der Waals surface area contributed by atoms with E-state index in [0.717, 1.165) is 6.42 Å². The summed E-state index contributed by atoms with van der Waals surface area (Å²) >= 11 is 0. The van der Waals surface area contributed by atoms with Gasteiger partial charge in [0.05, 0.1) is 18.8 Å². The van der Waals surface area contributed by atoms with Crippen molar-refractivity contribution in [3.63, 3.8) is 0 Å². The fraction of sp³-hybridized carbons (Fsp3) is 0.400. The van der Waals surface area contributed by atoms with E-state index < -0.39 is 0 Å². The van der Waals surface area contributed by atoms with Crippen LogP contribution in [0.15, 0.2) is 12.1 Å². The van der Waals surface area contributed by atoms with Crippen LogP contribution in [-0.4, -0.2) is 32.2 Å². The maximum Gasteiger partial charge on any atom is 0.239 e. The lowest BCUT2D eigenvalue weighted by Gasteiger charge is -2.09. The quantitative estimate of drug-likeness (QED) is 0.685. The first-order valence-corrected chi connectivity index (χ1v) is 5.65. The number of hydrogen-bond donors (Lipinski definition) is 3. The molecule has 0 radical (unpaired) electrons. The van der Waals surface area contributed by atoms with Crippen LogP contribution in [-0.2, 0) is 6.54 Å². The average molecular weight is 249 g/mol. The van der Waals surface area contributed by atoms with Crippen LogP contribution < -0.4 is 15.8 Å². The molecule has 2 aromatic heterocycles. The lowest BCUT2D eigenvalue weighted by molar-refractivity contribution is 0.307. The SMILES string of the molecule is CCCOc1nc(NCc2nn[nH]n2)ccc1N. The molecule has 0 unspecified atom stereocenters. The fourth-order valence-electron chi connectivity index (χ4n) is 1.29. The van der Waals surface area contributed by atoms with Crippen LogP contribution in [0, 0.1) is 0 Å². The summed E-state index contributed by atoms with van der Waals surface area (Å²) in [5.74, 6) is 1.65. The maximum atomic E-state index is 5.77. The molecular formula is C10H15N7O. The van der Waals surface area contributed by atoms with Gasteiger partial charge in [-0.3, -0.25) is 0 Å². The van der Waals surface area contributed by atoms with Crippen molar-refractivity contribution in [3.8, 4) is 5.88 Å². The van der Waals surface area contributed by atoms with Crippen molar-refractivity contribution < 1.29 is 4.74 Å². The third-order valence-corrected chi connectivity index (χ3v) is 2.15. The lowest BCUT2D eigenvalue weighted by Crippen LogP contribution is -2.06. The predicted molar refractivity (Wildman–Crippen MR) is 65.9 cm³/mol. The standard InChI is InChI=1S/C10H15N7O/c1-2-5-18-10-7(11)3-4-8(13-10)12-6-9-14-16-17-15-9/h3-4H,2,5-6,11H2,1H3,(H,12,13)(H,14,15,16,17). The maximum absolute atomic E-state index is 5.77. The molecule has 4 N–H and O–H groups in total. The number of nitrogens with zero attached hydrogens (tertiary/aromatic N) is 4. The van der Waals surface area contributed by atoms with Crippen LogP contribution in [0.3, 0.4) is 0 Å². The Morgan fingerprint density at radius 3 is 3.06 bits per heavy atom. The largest absolute Gasteiger partial charge is 0.476 e. The number of pyridine rings is 1. The van der Waals surface area contributed by atoms with Gasteiger partial charge in [0.25, 0.3) is 0 Å². The Morgan fingerprint density at radius 2 is 2.33 bits per heavy atom. The van der Waals surface area contributed by atoms with Gasteiger partial charge in [-0.1, -0.05) is 12.1 Å². The number of hydrogen-bond acceptors (Lipinski definition) is 7. The highest BCUT2D eigenvalue weighted by Crippen LogP contribution is 2.21. The smallest absolute Gasteiger partial charge is 0.239 e. The van der Waals surface area contributed by atoms with Gasteiger partial charge >= 0.3 is 0 Å². The zero-order chi connectivity index (χ0) is 12.8. The molecule has 0 saturated heterocycles. The molecule has 96 valence electrons. The average Bonchev–Trinajstić information content (AvgIpc) is 2.89. The number of aromatic nitrogens is 5. The van der Waals surface area contributed by atoms with Crippen LogP contribution in [0.1, 0.15) is 19.2 Å². The van der Waals surface area contributed by atoms with Crippen molar-refractivity contribution in [2.75, 3.05) is 17.7 Å². The molecule has 0 fully saturated rings. The molecule has 0 spiro atoms. The molecule has 2 aromatic rings. The molecule has 0 atom stereocenters. The Labute approximate surface area is 104 Å². The van der Waals surface area contributed by atoms with Gasteiger partial charge in [0.15, 0.2) is 5.82 Å². The Balaban J connectivity index is 2.00. The van der Waals surface area contributed by atoms with Crippen LogP contribution in [0.5, 0.6) is 5.88 Å². The van der Waals surface area contributed by atoms with Gasteiger partial charge in [0, 0.05) is 0 Å². The number of nitrogens with one attached hydrogen (secondary N) is 2. The van der Waals surface area contributed by atoms with Crippen molar-refractivity contribution in [2.45, 2.75) is 19.9 Å². The van der Waals surface area contributed by atoms with Crippen LogP contribution in [0.2, 0.25) is 0 Å². The minimum absolute atomic E-state index is 0.431. The zero-order valence-corrected chi connectivity index (χ0v) is 10.1. The summed E-state index contributed by atoms with van der Waals surface area (Å²) in [5, 5.41) is 16.6. The van der Waals surface area contributed by atoms with E-state index in [-0.39, 0.29) is 0 Å². The summed E-state index contributed by atoms with van der Waals surface area (Å²) in [6, 6.07) is 3.52. The monoisotopic (exact) mass is 249 g/mol. The lowest BCUT2D eigenvalue weighted by atomic mass is 10.4. The normalized spacial score (nSPS) is 10.3. The number of nitrogens with two attached hydrogens (primary N) is 1. The topological polar surface area (TPSA) is 115 Å². The molecule has 0 aliphatic rings. The van der Waals surface area contributed by atoms with Gasteiger partial charge in [0.2, 0.25) is 5.88 Å². The summed E-state index contributed by atoms with van der Waals surface area (Å²) in [7, 11) is 0. The highest BCUT2D eigenvalue weighted by Gasteiger charge is 2.05. The Bertz CT molecular complexity index is 485. The molecule has 18 heavy (non-hydrogen) atoms. The molecule has 8 nitrogen and oxygen atoms in total. The minimum Gasteiger partial charge on any atom is -0.476 e. The summed E-state index contributed by atoms with van der Waals surface area (Å²) in [4.78, 5) is 4.26. The van der Waals surface area contributed by atoms with E-state index in [1.54, 1.807) is 12.1 Å². The minimum atomic E-state index is 0.431. The van der Waals surface area contributed by atoms with E-state index in [0.29, 0.717) is 36.4 Å². The Morgan fingerprint density at radius 1 is 1.44 bits per heavy atom. The highest BCUT2D eigenvalue weighted by atomic mass is 16.5. The highest BCUT2D eigenvalue weighted by molar-refractivity contribution is 5.53. The summed E-state index contributed by atoms with van der Waals surface area (Å²) in [6.07, 6.45) is 0.904. The molecule has 0 amide bonds. The van der Waals surface area contributed by atoms with Crippen molar-refractivity contribution in [1.29, 1.82) is 0 Å². The molecule has 0 aromatic carbocycles. The van der Waals surface area contributed by atoms with Crippen molar-refractivity contribution >= 4 is 11.5 Å². The van der Waals surface area contributed by atoms with Crippen LogP contribution in [0.4, 0.5) is 11.5 Å². The predicted octanol–water partition coefficient (Wildman–Crippen LogP) is 0.578. The fourth-order valence-corrected chi connectivity index (χ4v) is 1.29. The van der Waals surface area contributed by atoms with Gasteiger partial charge in [-0.2, -0.15) is 10.2 Å². The van der Waals surface area contributed by atoms with E-state index in [9.17, 15) is 0 Å². The molecule has 0 aliphatic heterocycles. The number of nitrogen functional groups attached to an aromatic ring is 1. The van der Waals surface area contributed by atoms with E-state index in [4.69, 9.17) is 10.5 Å². The van der Waals surface area contributed by atoms with Gasteiger partial charge in [0.1, 0.15) is 5.82 Å². The zero-order valence-electron chi connectivity index (χ0n) is 10.1. The molecule has 2 rings (SSSR count). The van der Waals surface area contributed by atoms with E-state index in [2.05, 4.69) is 30.9 Å². The third-order valence-electron chi connectivity index (χ3n) is 2.15. The molecule has 0 aliphatic carbocycles. The number of anilines is 2. The Kier molecular flexibility index (Phi) is 3.90. The second-order valence-corrected chi connectivity index (χ2v) is 3.62. The molecule has 0 bridgehead atoms. The summed E-state index contributed by atoms with van der Waals surface area (Å²) in [5.41, 5.74) is 6.29. The van der Waals surface area contributed by atoms with Crippen molar-refractivity contribution in [3.05, 3.63) is 18.0 Å². The number of H-pyrrole nitrogens is 1. The molecular weight excluding hydrogens is 234 g/mol. The van der Waals surface area contributed by atoms with E-state index in [1.165, 1.54) is 0 Å². The first-order valence-electron chi connectivity index (χ1n) is 5.65. The third kappa shape index (κ3) is 3.06. The van der Waals surface area contributed by atoms with Gasteiger partial charge in [-0.25, -0.2) is 0 Å². The van der Waals surface area contributed by atoms with Gasteiger partial charge in [-0.15, -0.1) is 10.2 Å². The molecule has 8 heteroatoms. The number of aromatic amines is 1. The van der Waals surface area contributed by atoms with E-state index in [1.807, 2.05) is 6.92 Å². The second kappa shape index (κ2) is 5.80. The Hall–Kier alpha value is -2.38. The number of tetrazole rings is 1. The molecule has 2 heterocycles. The van der Waals surface area contributed by atoms with Crippen LogP contribution >= 0.6 is 0 Å². The van der Waals surface area contributed by atoms with Gasteiger partial charge in [-0.05, 0) is 18.6 Å². The summed E-state index contributed by atoms with van der Waals surface area (Å²) in [6.45, 7) is 3.04. The van der Waals surface area contributed by atoms with Crippen molar-refractivity contribution in [2.24, 2.45) is 0 Å². The molecule has 0 saturated carbocycles. The first-order chi connectivity index (χ1) is 8.79. The first kappa shape index (κ1) is 12.1. The second-order valence-electron chi connectivity index (χ2n) is 3.62. The number of ether oxygens (including phenoxy) is 1. The van der Waals surface area contributed by atoms with E-state index >= 15 is 0 Å². The van der Waals surface area contributed by atoms with Crippen LogP contribution in [0.25, 0.3) is 0 Å².